The number of nitrogen functional groups attached to an aromatic ring is 1. The third kappa shape index (κ3) is 2.91. The lowest BCUT2D eigenvalue weighted by Gasteiger charge is -2.17. The molecule has 0 aromatic heterocycles. The fourth-order valence-corrected chi connectivity index (χ4v) is 2.08. The zero-order valence-corrected chi connectivity index (χ0v) is 11.6. The molecule has 0 aliphatic carbocycles. The minimum atomic E-state index is -0.193. The van der Waals surface area contributed by atoms with Crippen LogP contribution in [-0.4, -0.2) is 13.0 Å². The molecule has 2 aromatic carbocycles. The van der Waals surface area contributed by atoms with Crippen molar-refractivity contribution in [3.05, 3.63) is 59.7 Å². The summed E-state index contributed by atoms with van der Waals surface area (Å²) in [5, 5.41) is 2.93. The number of ether oxygens (including phenoxy) is 1. The first-order valence-corrected chi connectivity index (χ1v) is 6.41. The van der Waals surface area contributed by atoms with Crippen molar-refractivity contribution in [2.75, 3.05) is 12.8 Å². The number of hydrogen-bond donors (Lipinski definition) is 2. The van der Waals surface area contributed by atoms with Crippen molar-refractivity contribution in [2.24, 2.45) is 0 Å². The van der Waals surface area contributed by atoms with E-state index in [9.17, 15) is 4.79 Å². The van der Waals surface area contributed by atoms with E-state index in [1.54, 1.807) is 31.4 Å². The molecule has 1 atom stereocenters. The molecule has 0 radical (unpaired) electrons. The number of nitrogens with two attached hydrogens (primary N) is 1. The molecule has 104 valence electrons. The summed E-state index contributed by atoms with van der Waals surface area (Å²) >= 11 is 0. The fourth-order valence-electron chi connectivity index (χ4n) is 2.08. The molecule has 4 heteroatoms. The monoisotopic (exact) mass is 270 g/mol. The molecule has 20 heavy (non-hydrogen) atoms. The van der Waals surface area contributed by atoms with Crippen molar-refractivity contribution < 1.29 is 9.53 Å². The number of rotatable bonds is 4. The maximum Gasteiger partial charge on any atom is 0.253 e. The normalized spacial score (nSPS) is 11.7. The second-order valence-electron chi connectivity index (χ2n) is 4.52. The van der Waals surface area contributed by atoms with Crippen molar-refractivity contribution in [1.29, 1.82) is 0 Å². The first-order chi connectivity index (χ1) is 9.63. The average molecular weight is 270 g/mol. The summed E-state index contributed by atoms with van der Waals surface area (Å²) in [6, 6.07) is 14.5. The molecule has 0 spiro atoms. The maximum atomic E-state index is 12.2. The lowest BCUT2D eigenvalue weighted by molar-refractivity contribution is 0.0940. The van der Waals surface area contributed by atoms with Crippen molar-refractivity contribution >= 4 is 11.6 Å². The minimum Gasteiger partial charge on any atom is -0.496 e. The molecule has 0 bridgehead atoms. The van der Waals surface area contributed by atoms with Crippen molar-refractivity contribution in [2.45, 2.75) is 13.0 Å². The summed E-state index contributed by atoms with van der Waals surface area (Å²) in [5.74, 6) is 0.558. The molecule has 0 saturated carbocycles. The Bertz CT molecular complexity index is 611. The highest BCUT2D eigenvalue weighted by Gasteiger charge is 2.15. The van der Waals surface area contributed by atoms with E-state index in [1.165, 1.54) is 0 Å². The van der Waals surface area contributed by atoms with Gasteiger partial charge in [-0.1, -0.05) is 30.3 Å². The Kier molecular flexibility index (Phi) is 4.25. The van der Waals surface area contributed by atoms with Crippen LogP contribution in [0.4, 0.5) is 5.69 Å². The minimum absolute atomic E-state index is 0.168. The van der Waals surface area contributed by atoms with Gasteiger partial charge >= 0.3 is 0 Å². The van der Waals surface area contributed by atoms with Crippen LogP contribution >= 0.6 is 0 Å². The topological polar surface area (TPSA) is 64.3 Å². The smallest absolute Gasteiger partial charge is 0.253 e. The second-order valence-corrected chi connectivity index (χ2v) is 4.52. The Labute approximate surface area is 118 Å². The van der Waals surface area contributed by atoms with E-state index in [2.05, 4.69) is 5.32 Å². The standard InChI is InChI=1S/C16H18N2O2/c1-11(12-7-4-6-10-15(12)20-2)18-16(19)13-8-3-5-9-14(13)17/h3-11H,17H2,1-2H3,(H,18,19)/t11-/m1/s1. The molecule has 4 nitrogen and oxygen atoms in total. The molecule has 0 fully saturated rings. The largest absolute Gasteiger partial charge is 0.496 e. The molecule has 2 aromatic rings. The van der Waals surface area contributed by atoms with Gasteiger partial charge < -0.3 is 15.8 Å². The molecule has 3 N–H and O–H groups in total. The van der Waals surface area contributed by atoms with Gasteiger partial charge in [0.1, 0.15) is 5.75 Å². The van der Waals surface area contributed by atoms with Crippen LogP contribution in [0.15, 0.2) is 48.5 Å². The third-order valence-electron chi connectivity index (χ3n) is 3.16. The molecule has 0 unspecified atom stereocenters. The van der Waals surface area contributed by atoms with Crippen LogP contribution < -0.4 is 15.8 Å². The summed E-state index contributed by atoms with van der Waals surface area (Å²) in [6.45, 7) is 1.91. The highest BCUT2D eigenvalue weighted by atomic mass is 16.5. The molecular formula is C16H18N2O2. The van der Waals surface area contributed by atoms with Crippen molar-refractivity contribution in [3.8, 4) is 5.75 Å². The van der Waals surface area contributed by atoms with Crippen LogP contribution in [0.3, 0.4) is 0 Å². The number of carbonyl (C=O) groups is 1. The lowest BCUT2D eigenvalue weighted by Crippen LogP contribution is -2.27. The van der Waals surface area contributed by atoms with Gasteiger partial charge in [-0.15, -0.1) is 0 Å². The quantitative estimate of drug-likeness (QED) is 0.840. The average Bonchev–Trinajstić information content (AvgIpc) is 2.47. The Morgan fingerprint density at radius 1 is 1.15 bits per heavy atom. The lowest BCUT2D eigenvalue weighted by atomic mass is 10.1. The van der Waals surface area contributed by atoms with Gasteiger partial charge in [-0.05, 0) is 25.1 Å². The van der Waals surface area contributed by atoms with Gasteiger partial charge in [-0.3, -0.25) is 4.79 Å². The Morgan fingerprint density at radius 3 is 2.50 bits per heavy atom. The molecule has 2 rings (SSSR count). The Balaban J connectivity index is 2.18. The SMILES string of the molecule is COc1ccccc1[C@@H](C)NC(=O)c1ccccc1N. The van der Waals surface area contributed by atoms with Gasteiger partial charge in [0.25, 0.3) is 5.91 Å². The predicted molar refractivity (Wildman–Crippen MR) is 79.7 cm³/mol. The summed E-state index contributed by atoms with van der Waals surface area (Å²) < 4.78 is 5.30. The molecule has 0 aliphatic rings. The number of benzene rings is 2. The molecule has 0 saturated heterocycles. The van der Waals surface area contributed by atoms with Crippen LogP contribution in [0.1, 0.15) is 28.9 Å². The molecule has 0 heterocycles. The van der Waals surface area contributed by atoms with E-state index in [4.69, 9.17) is 10.5 Å². The van der Waals surface area contributed by atoms with Gasteiger partial charge in [-0.25, -0.2) is 0 Å². The van der Waals surface area contributed by atoms with Crippen LogP contribution in [0.2, 0.25) is 0 Å². The third-order valence-corrected chi connectivity index (χ3v) is 3.16. The highest BCUT2D eigenvalue weighted by Crippen LogP contribution is 2.24. The molecule has 1 amide bonds. The van der Waals surface area contributed by atoms with Gasteiger partial charge in [0.05, 0.1) is 18.7 Å². The van der Waals surface area contributed by atoms with Crippen LogP contribution in [-0.2, 0) is 0 Å². The van der Waals surface area contributed by atoms with E-state index in [0.29, 0.717) is 11.3 Å². The van der Waals surface area contributed by atoms with Gasteiger partial charge in [0.15, 0.2) is 0 Å². The number of anilines is 1. The van der Waals surface area contributed by atoms with E-state index in [0.717, 1.165) is 11.3 Å². The number of methoxy groups -OCH3 is 1. The van der Waals surface area contributed by atoms with E-state index < -0.39 is 0 Å². The van der Waals surface area contributed by atoms with E-state index in [-0.39, 0.29) is 11.9 Å². The summed E-state index contributed by atoms with van der Waals surface area (Å²) in [4.78, 5) is 12.2. The van der Waals surface area contributed by atoms with Crippen molar-refractivity contribution in [1.82, 2.24) is 5.32 Å². The molecule has 0 aliphatic heterocycles. The highest BCUT2D eigenvalue weighted by molar-refractivity contribution is 5.99. The second kappa shape index (κ2) is 6.10. The van der Waals surface area contributed by atoms with Gasteiger partial charge in [-0.2, -0.15) is 0 Å². The van der Waals surface area contributed by atoms with E-state index >= 15 is 0 Å². The number of para-hydroxylation sites is 2. The first-order valence-electron chi connectivity index (χ1n) is 6.41. The number of carbonyl (C=O) groups excluding carboxylic acids is 1. The van der Waals surface area contributed by atoms with Gasteiger partial charge in [0.2, 0.25) is 0 Å². The molecular weight excluding hydrogens is 252 g/mol. The fraction of sp³-hybridized carbons (Fsp3) is 0.188. The Morgan fingerprint density at radius 2 is 1.80 bits per heavy atom. The van der Waals surface area contributed by atoms with E-state index in [1.807, 2.05) is 31.2 Å². The first kappa shape index (κ1) is 13.9. The zero-order chi connectivity index (χ0) is 14.5. The number of nitrogens with one attached hydrogen (secondary N) is 1. The van der Waals surface area contributed by atoms with Crippen LogP contribution in [0.5, 0.6) is 5.75 Å². The number of amides is 1. The summed E-state index contributed by atoms with van der Waals surface area (Å²) in [6.07, 6.45) is 0. The summed E-state index contributed by atoms with van der Waals surface area (Å²) in [5.41, 5.74) is 7.69. The van der Waals surface area contributed by atoms with Crippen LogP contribution in [0.25, 0.3) is 0 Å². The predicted octanol–water partition coefficient (Wildman–Crippen LogP) is 2.77. The maximum absolute atomic E-state index is 12.2. The van der Waals surface area contributed by atoms with Crippen molar-refractivity contribution in [3.63, 3.8) is 0 Å². The zero-order valence-electron chi connectivity index (χ0n) is 11.6. The summed E-state index contributed by atoms with van der Waals surface area (Å²) in [7, 11) is 1.61. The van der Waals surface area contributed by atoms with Gasteiger partial charge in [0, 0.05) is 11.3 Å². The van der Waals surface area contributed by atoms with Crippen LogP contribution in [0, 0.1) is 0 Å². The number of hydrogen-bond acceptors (Lipinski definition) is 3. The Hall–Kier alpha value is -2.49.